The van der Waals surface area contributed by atoms with Gasteiger partial charge < -0.3 is 9.64 Å². The number of fused-ring (bicyclic) bond motifs is 6. The molecule has 0 fully saturated rings. The quantitative estimate of drug-likeness (QED) is 0.290. The van der Waals surface area contributed by atoms with E-state index in [1.807, 2.05) is 0 Å². The standard InChI is InChI=1S/C35H29NO/c1-23-11-9-14-26(21-23)36(25-12-5-4-6-13-25)31-18-10-16-27-24-19-20-30-33(32(22-24)37-34(27)31)28-15-7-8-17-29(28)35(30,2)3/h4-22,24H,1-3H3. The molecule has 3 aliphatic rings. The molecule has 0 saturated carbocycles. The summed E-state index contributed by atoms with van der Waals surface area (Å²) in [6.45, 7) is 6.78. The van der Waals surface area contributed by atoms with Gasteiger partial charge in [-0.1, -0.05) is 92.7 Å². The molecule has 0 amide bonds. The zero-order valence-corrected chi connectivity index (χ0v) is 21.4. The number of hydrogen-bond donors (Lipinski definition) is 0. The van der Waals surface area contributed by atoms with Gasteiger partial charge in [0.25, 0.3) is 0 Å². The number of anilines is 3. The highest BCUT2D eigenvalue weighted by atomic mass is 16.5. The average Bonchev–Trinajstić information content (AvgIpc) is 3.03. The number of ether oxygens (including phenoxy) is 1. The van der Waals surface area contributed by atoms with Gasteiger partial charge in [-0.25, -0.2) is 0 Å². The first-order valence-electron chi connectivity index (χ1n) is 13.0. The van der Waals surface area contributed by atoms with Gasteiger partial charge in [-0.3, -0.25) is 0 Å². The fourth-order valence-electron chi connectivity index (χ4n) is 6.16. The van der Waals surface area contributed by atoms with E-state index < -0.39 is 0 Å². The molecule has 2 heteroatoms. The molecule has 0 aromatic heterocycles. The Kier molecular flexibility index (Phi) is 4.81. The Morgan fingerprint density at radius 2 is 1.54 bits per heavy atom. The molecule has 4 aromatic rings. The van der Waals surface area contributed by atoms with Gasteiger partial charge in [0.15, 0.2) is 5.75 Å². The molecule has 2 nitrogen and oxygen atoms in total. The van der Waals surface area contributed by atoms with Gasteiger partial charge >= 0.3 is 0 Å². The largest absolute Gasteiger partial charge is 0.454 e. The van der Waals surface area contributed by atoms with Gasteiger partial charge in [-0.15, -0.1) is 0 Å². The lowest BCUT2D eigenvalue weighted by Gasteiger charge is -2.31. The lowest BCUT2D eigenvalue weighted by Crippen LogP contribution is -2.16. The molecule has 1 heterocycles. The van der Waals surface area contributed by atoms with E-state index in [1.54, 1.807) is 0 Å². The predicted octanol–water partition coefficient (Wildman–Crippen LogP) is 9.14. The van der Waals surface area contributed by atoms with Crippen molar-refractivity contribution in [3.05, 3.63) is 149 Å². The highest BCUT2D eigenvalue weighted by Crippen LogP contribution is 2.55. The third-order valence-corrected chi connectivity index (χ3v) is 7.97. The Hall–Kier alpha value is -4.30. The Morgan fingerprint density at radius 3 is 2.38 bits per heavy atom. The summed E-state index contributed by atoms with van der Waals surface area (Å²) in [5.74, 6) is 2.04. The monoisotopic (exact) mass is 479 g/mol. The molecule has 7 rings (SSSR count). The van der Waals surface area contributed by atoms with Crippen molar-refractivity contribution in [3.8, 4) is 5.75 Å². The van der Waals surface area contributed by atoms with Crippen molar-refractivity contribution >= 4 is 22.6 Å². The first kappa shape index (κ1) is 21.9. The van der Waals surface area contributed by atoms with Crippen LogP contribution in [0.1, 0.15) is 42.0 Å². The topological polar surface area (TPSA) is 12.5 Å². The summed E-state index contributed by atoms with van der Waals surface area (Å²) in [6, 6.07) is 34.5. The van der Waals surface area contributed by atoms with Crippen LogP contribution in [0.25, 0.3) is 5.57 Å². The van der Waals surface area contributed by atoms with Crippen LogP contribution in [0.4, 0.5) is 17.1 Å². The van der Waals surface area contributed by atoms with Crippen LogP contribution >= 0.6 is 0 Å². The molecule has 2 bridgehead atoms. The Labute approximate surface area is 218 Å². The van der Waals surface area contributed by atoms with Gasteiger partial charge in [0.05, 0.1) is 5.69 Å². The highest BCUT2D eigenvalue weighted by Gasteiger charge is 2.41. The number of benzene rings is 4. The molecule has 0 N–H and O–H groups in total. The molecule has 1 unspecified atom stereocenters. The van der Waals surface area contributed by atoms with Gasteiger partial charge in [0.1, 0.15) is 5.76 Å². The van der Waals surface area contributed by atoms with E-state index in [2.05, 4.69) is 141 Å². The molecule has 0 saturated heterocycles. The summed E-state index contributed by atoms with van der Waals surface area (Å²) in [4.78, 5) is 2.31. The van der Waals surface area contributed by atoms with Gasteiger partial charge in [-0.05, 0) is 65.6 Å². The second kappa shape index (κ2) is 8.11. The molecule has 2 aliphatic carbocycles. The maximum Gasteiger partial charge on any atom is 0.155 e. The number of para-hydroxylation sites is 2. The van der Waals surface area contributed by atoms with Crippen LogP contribution in [0.3, 0.4) is 0 Å². The molecule has 0 radical (unpaired) electrons. The lowest BCUT2D eigenvalue weighted by atomic mass is 9.81. The van der Waals surface area contributed by atoms with Crippen molar-refractivity contribution in [3.63, 3.8) is 0 Å². The third kappa shape index (κ3) is 3.33. The van der Waals surface area contributed by atoms with Crippen molar-refractivity contribution in [1.29, 1.82) is 0 Å². The molecule has 37 heavy (non-hydrogen) atoms. The molecule has 1 atom stereocenters. The second-order valence-corrected chi connectivity index (χ2v) is 10.7. The summed E-state index contributed by atoms with van der Waals surface area (Å²) in [7, 11) is 0. The van der Waals surface area contributed by atoms with E-state index in [0.29, 0.717) is 0 Å². The number of rotatable bonds is 3. The minimum atomic E-state index is -0.0727. The second-order valence-electron chi connectivity index (χ2n) is 10.7. The third-order valence-electron chi connectivity index (χ3n) is 7.97. The Morgan fingerprint density at radius 1 is 0.784 bits per heavy atom. The highest BCUT2D eigenvalue weighted by molar-refractivity contribution is 5.92. The first-order chi connectivity index (χ1) is 18.0. The summed E-state index contributed by atoms with van der Waals surface area (Å²) in [5.41, 5.74) is 10.8. The number of aryl methyl sites for hydroxylation is 1. The van der Waals surface area contributed by atoms with Crippen molar-refractivity contribution in [1.82, 2.24) is 0 Å². The van der Waals surface area contributed by atoms with E-state index >= 15 is 0 Å². The van der Waals surface area contributed by atoms with Gasteiger partial charge in [0.2, 0.25) is 0 Å². The summed E-state index contributed by atoms with van der Waals surface area (Å²) in [5, 5.41) is 0. The molecule has 0 spiro atoms. The molecular weight excluding hydrogens is 450 g/mol. The minimum absolute atomic E-state index is 0.0727. The molecule has 4 aromatic carbocycles. The zero-order valence-electron chi connectivity index (χ0n) is 21.4. The maximum atomic E-state index is 6.95. The average molecular weight is 480 g/mol. The fraction of sp³-hybridized carbons (Fsp3) is 0.143. The van der Waals surface area contributed by atoms with Crippen LogP contribution in [0, 0.1) is 6.92 Å². The van der Waals surface area contributed by atoms with E-state index in [4.69, 9.17) is 4.74 Å². The van der Waals surface area contributed by atoms with E-state index in [0.717, 1.165) is 28.6 Å². The lowest BCUT2D eigenvalue weighted by molar-refractivity contribution is 0.430. The molecular formula is C35H29NO. The van der Waals surface area contributed by atoms with Gasteiger partial charge in [0, 0.05) is 33.8 Å². The van der Waals surface area contributed by atoms with Crippen LogP contribution in [0.5, 0.6) is 5.75 Å². The Balaban J connectivity index is 1.42. The maximum absolute atomic E-state index is 6.95. The van der Waals surface area contributed by atoms with Crippen LogP contribution < -0.4 is 9.64 Å². The van der Waals surface area contributed by atoms with E-state index in [9.17, 15) is 0 Å². The number of nitrogens with zero attached hydrogens (tertiary/aromatic N) is 1. The van der Waals surface area contributed by atoms with Crippen molar-refractivity contribution < 1.29 is 4.74 Å². The molecule has 1 aliphatic heterocycles. The predicted molar refractivity (Wildman–Crippen MR) is 153 cm³/mol. The van der Waals surface area contributed by atoms with Crippen LogP contribution in [-0.4, -0.2) is 0 Å². The normalized spacial score (nSPS) is 18.2. The van der Waals surface area contributed by atoms with Gasteiger partial charge in [-0.2, -0.15) is 0 Å². The summed E-state index contributed by atoms with van der Waals surface area (Å²) < 4.78 is 6.95. The Bertz CT molecular complexity index is 1640. The zero-order chi connectivity index (χ0) is 25.1. The van der Waals surface area contributed by atoms with Crippen LogP contribution in [0.2, 0.25) is 0 Å². The minimum Gasteiger partial charge on any atom is -0.454 e. The number of allylic oxidation sites excluding steroid dienone is 5. The smallest absolute Gasteiger partial charge is 0.155 e. The van der Waals surface area contributed by atoms with E-state index in [1.165, 1.54) is 33.4 Å². The van der Waals surface area contributed by atoms with Crippen LogP contribution in [-0.2, 0) is 5.41 Å². The van der Waals surface area contributed by atoms with E-state index in [-0.39, 0.29) is 11.3 Å². The van der Waals surface area contributed by atoms with Crippen molar-refractivity contribution in [2.45, 2.75) is 32.1 Å². The number of hydrogen-bond acceptors (Lipinski definition) is 2. The fourth-order valence-corrected chi connectivity index (χ4v) is 6.16. The SMILES string of the molecule is Cc1cccc(N(c2ccccc2)c2cccc3c2OC2=CC3C=CC3=C2c2ccccc2C3(C)C)c1. The van der Waals surface area contributed by atoms with Crippen molar-refractivity contribution in [2.75, 3.05) is 4.90 Å². The van der Waals surface area contributed by atoms with Crippen molar-refractivity contribution in [2.24, 2.45) is 0 Å². The first-order valence-corrected chi connectivity index (χ1v) is 13.0. The molecule has 180 valence electrons. The summed E-state index contributed by atoms with van der Waals surface area (Å²) in [6.07, 6.45) is 6.98. The van der Waals surface area contributed by atoms with Crippen LogP contribution in [0.15, 0.2) is 127 Å². The summed E-state index contributed by atoms with van der Waals surface area (Å²) >= 11 is 0.